The first-order valence-corrected chi connectivity index (χ1v) is 9.29. The van der Waals surface area contributed by atoms with Crippen molar-refractivity contribution in [3.63, 3.8) is 0 Å². The number of amides is 1. The van der Waals surface area contributed by atoms with Crippen LogP contribution in [-0.4, -0.2) is 64.5 Å². The summed E-state index contributed by atoms with van der Waals surface area (Å²) in [6.45, 7) is 0.450. The number of carbonyl (C=O) groups excluding carboxylic acids is 1. The predicted octanol–water partition coefficient (Wildman–Crippen LogP) is 2.28. The number of fused-ring (bicyclic) bond motifs is 3. The van der Waals surface area contributed by atoms with Crippen molar-refractivity contribution in [2.75, 3.05) is 20.6 Å². The van der Waals surface area contributed by atoms with Crippen LogP contribution in [0.1, 0.15) is 40.9 Å². The van der Waals surface area contributed by atoms with Crippen LogP contribution in [0, 0.1) is 0 Å². The number of benzene rings is 1. The van der Waals surface area contributed by atoms with Gasteiger partial charge < -0.3 is 19.9 Å². The highest BCUT2D eigenvalue weighted by molar-refractivity contribution is 6.01. The Morgan fingerprint density at radius 1 is 1.23 bits per heavy atom. The van der Waals surface area contributed by atoms with Crippen molar-refractivity contribution in [2.24, 2.45) is 0 Å². The van der Waals surface area contributed by atoms with E-state index < -0.39 is 12.0 Å². The third-order valence-electron chi connectivity index (χ3n) is 5.90. The van der Waals surface area contributed by atoms with Gasteiger partial charge in [-0.1, -0.05) is 0 Å². The van der Waals surface area contributed by atoms with E-state index in [9.17, 15) is 14.7 Å². The summed E-state index contributed by atoms with van der Waals surface area (Å²) in [5, 5.41) is 10.7. The van der Waals surface area contributed by atoms with E-state index in [2.05, 4.69) is 4.98 Å². The number of aromatic nitrogens is 1. The van der Waals surface area contributed by atoms with E-state index in [1.165, 1.54) is 29.0 Å². The number of hydrogen-bond acceptors (Lipinski definition) is 3. The molecule has 1 amide bonds. The molecule has 1 aromatic heterocycles. The molecule has 2 aliphatic rings. The molecule has 4 rings (SSSR count). The van der Waals surface area contributed by atoms with E-state index in [-0.39, 0.29) is 11.9 Å². The number of aryl methyl sites for hydroxylation is 2. The maximum absolute atomic E-state index is 13.1. The van der Waals surface area contributed by atoms with Crippen molar-refractivity contribution in [3.8, 4) is 0 Å². The molecule has 1 fully saturated rings. The zero-order valence-electron chi connectivity index (χ0n) is 15.3. The lowest BCUT2D eigenvalue weighted by Gasteiger charge is -2.22. The Kier molecular flexibility index (Phi) is 4.23. The largest absolute Gasteiger partial charge is 0.480 e. The van der Waals surface area contributed by atoms with Crippen LogP contribution >= 0.6 is 0 Å². The van der Waals surface area contributed by atoms with Gasteiger partial charge in [-0.3, -0.25) is 4.79 Å². The molecule has 1 saturated heterocycles. The van der Waals surface area contributed by atoms with Crippen LogP contribution < -0.4 is 0 Å². The molecule has 2 aromatic rings. The topological polar surface area (TPSA) is 76.6 Å². The maximum Gasteiger partial charge on any atom is 0.326 e. The smallest absolute Gasteiger partial charge is 0.326 e. The van der Waals surface area contributed by atoms with Gasteiger partial charge in [0.25, 0.3) is 5.91 Å². The van der Waals surface area contributed by atoms with Gasteiger partial charge in [-0.25, -0.2) is 4.79 Å². The maximum atomic E-state index is 13.1. The number of aliphatic carboxylic acids is 1. The number of carbonyl (C=O) groups is 2. The summed E-state index contributed by atoms with van der Waals surface area (Å²) in [6, 6.07) is 5.03. The molecule has 0 bridgehead atoms. The number of carboxylic acid groups (broad SMARTS) is 1. The number of aromatic amines is 1. The minimum absolute atomic E-state index is 0.0730. The van der Waals surface area contributed by atoms with Gasteiger partial charge in [-0.05, 0) is 70.0 Å². The van der Waals surface area contributed by atoms with Crippen molar-refractivity contribution in [3.05, 3.63) is 35.0 Å². The summed E-state index contributed by atoms with van der Waals surface area (Å²) >= 11 is 0. The second-order valence-electron chi connectivity index (χ2n) is 7.71. The monoisotopic (exact) mass is 355 g/mol. The summed E-state index contributed by atoms with van der Waals surface area (Å²) in [6.07, 6.45) is 4.94. The molecule has 0 spiro atoms. The fraction of sp³-hybridized carbons (Fsp3) is 0.500. The predicted molar refractivity (Wildman–Crippen MR) is 99.5 cm³/mol. The highest BCUT2D eigenvalue weighted by atomic mass is 16.4. The number of rotatable bonds is 3. The number of nitrogens with one attached hydrogen (secondary N) is 1. The summed E-state index contributed by atoms with van der Waals surface area (Å²) in [7, 11) is 3.85. The Morgan fingerprint density at radius 3 is 2.73 bits per heavy atom. The summed E-state index contributed by atoms with van der Waals surface area (Å²) in [5.41, 5.74) is 4.25. The number of carboxylic acids is 1. The fourth-order valence-corrected chi connectivity index (χ4v) is 4.35. The number of H-pyrrole nitrogens is 1. The van der Waals surface area contributed by atoms with E-state index in [0.29, 0.717) is 18.5 Å². The van der Waals surface area contributed by atoms with Crippen LogP contribution in [-0.2, 0) is 17.6 Å². The van der Waals surface area contributed by atoms with Gasteiger partial charge in [0.05, 0.1) is 0 Å². The second-order valence-corrected chi connectivity index (χ2v) is 7.71. The van der Waals surface area contributed by atoms with Gasteiger partial charge in [0.15, 0.2) is 0 Å². The van der Waals surface area contributed by atoms with Gasteiger partial charge in [0.1, 0.15) is 6.04 Å². The first-order chi connectivity index (χ1) is 12.5. The Bertz CT molecular complexity index is 871. The van der Waals surface area contributed by atoms with Crippen molar-refractivity contribution in [1.82, 2.24) is 14.8 Å². The molecule has 0 radical (unpaired) electrons. The lowest BCUT2D eigenvalue weighted by Crippen LogP contribution is -2.41. The Morgan fingerprint density at radius 2 is 2.00 bits per heavy atom. The molecule has 1 aromatic carbocycles. The van der Waals surface area contributed by atoms with Crippen LogP contribution in [0.4, 0.5) is 0 Å². The highest BCUT2D eigenvalue weighted by Gasteiger charge is 2.40. The number of hydrogen-bond donors (Lipinski definition) is 2. The summed E-state index contributed by atoms with van der Waals surface area (Å²) in [4.78, 5) is 31.7. The third kappa shape index (κ3) is 2.78. The zero-order chi connectivity index (χ0) is 18.4. The van der Waals surface area contributed by atoms with E-state index in [0.717, 1.165) is 23.7 Å². The Labute approximate surface area is 152 Å². The number of likely N-dealkylation sites (N-methyl/N-ethyl adjacent to an activating group) is 1. The van der Waals surface area contributed by atoms with E-state index in [1.54, 1.807) is 0 Å². The first-order valence-electron chi connectivity index (χ1n) is 9.29. The van der Waals surface area contributed by atoms with E-state index in [1.807, 2.05) is 37.2 Å². The molecular formula is C20H25N3O3. The number of likely N-dealkylation sites (tertiary alicyclic amines) is 1. The average Bonchev–Trinajstić information content (AvgIpc) is 3.22. The minimum atomic E-state index is -0.928. The van der Waals surface area contributed by atoms with E-state index in [4.69, 9.17) is 0 Å². The fourth-order valence-electron chi connectivity index (χ4n) is 4.35. The number of nitrogens with zero attached hydrogens (tertiary/aromatic N) is 2. The second kappa shape index (κ2) is 6.43. The van der Waals surface area contributed by atoms with Gasteiger partial charge in [0, 0.05) is 34.7 Å². The lowest BCUT2D eigenvalue weighted by atomic mass is 9.95. The van der Waals surface area contributed by atoms with Crippen molar-refractivity contribution >= 4 is 22.8 Å². The van der Waals surface area contributed by atoms with Crippen molar-refractivity contribution in [2.45, 2.75) is 44.2 Å². The third-order valence-corrected chi connectivity index (χ3v) is 5.90. The Balaban J connectivity index is 1.68. The van der Waals surface area contributed by atoms with Gasteiger partial charge in [-0.2, -0.15) is 0 Å². The highest BCUT2D eigenvalue weighted by Crippen LogP contribution is 2.31. The molecule has 0 saturated carbocycles. The van der Waals surface area contributed by atoms with E-state index >= 15 is 0 Å². The van der Waals surface area contributed by atoms with Crippen LogP contribution in [0.25, 0.3) is 10.9 Å². The molecule has 138 valence electrons. The molecule has 2 atom stereocenters. The molecule has 2 heterocycles. The first kappa shape index (κ1) is 17.1. The molecule has 6 nitrogen and oxygen atoms in total. The molecule has 1 aliphatic heterocycles. The molecular weight excluding hydrogens is 330 g/mol. The lowest BCUT2D eigenvalue weighted by molar-refractivity contribution is -0.141. The average molecular weight is 355 g/mol. The van der Waals surface area contributed by atoms with Gasteiger partial charge in [-0.15, -0.1) is 0 Å². The molecule has 0 unspecified atom stereocenters. The molecule has 6 heteroatoms. The minimum Gasteiger partial charge on any atom is -0.480 e. The van der Waals surface area contributed by atoms with Gasteiger partial charge >= 0.3 is 5.97 Å². The quantitative estimate of drug-likeness (QED) is 0.886. The SMILES string of the molecule is CN(C)[C@@H]1C[C@@H](C(=O)O)N(C(=O)c2ccc3[nH]c4c(c3c2)CCCC4)C1. The van der Waals surface area contributed by atoms with Crippen LogP contribution in [0.5, 0.6) is 0 Å². The standard InChI is InChI=1S/C20H25N3O3/c1-22(2)13-10-18(20(25)26)23(11-13)19(24)12-7-8-17-15(9-12)14-5-3-4-6-16(14)21-17/h7-9,13,18,21H,3-6,10-11H2,1-2H3,(H,25,26)/t13-,18+/m1/s1. The molecule has 1 aliphatic carbocycles. The van der Waals surface area contributed by atoms with Crippen molar-refractivity contribution < 1.29 is 14.7 Å². The van der Waals surface area contributed by atoms with Crippen LogP contribution in [0.3, 0.4) is 0 Å². The summed E-state index contributed by atoms with van der Waals surface area (Å²) in [5.74, 6) is -1.11. The summed E-state index contributed by atoms with van der Waals surface area (Å²) < 4.78 is 0. The van der Waals surface area contributed by atoms with Crippen LogP contribution in [0.2, 0.25) is 0 Å². The van der Waals surface area contributed by atoms with Gasteiger partial charge in [0.2, 0.25) is 0 Å². The molecule has 2 N–H and O–H groups in total. The van der Waals surface area contributed by atoms with Crippen molar-refractivity contribution in [1.29, 1.82) is 0 Å². The Hall–Kier alpha value is -2.34. The molecule has 26 heavy (non-hydrogen) atoms. The van der Waals surface area contributed by atoms with Crippen LogP contribution in [0.15, 0.2) is 18.2 Å². The normalized spacial score (nSPS) is 22.8. The zero-order valence-corrected chi connectivity index (χ0v) is 15.3.